The third-order valence-corrected chi connectivity index (χ3v) is 2.28. The average Bonchev–Trinajstić information content (AvgIpc) is 2.29. The van der Waals surface area contributed by atoms with Crippen LogP contribution in [0.5, 0.6) is 0 Å². The summed E-state index contributed by atoms with van der Waals surface area (Å²) in [7, 11) is 0. The van der Waals surface area contributed by atoms with Gasteiger partial charge in [-0.25, -0.2) is 0 Å². The summed E-state index contributed by atoms with van der Waals surface area (Å²) in [5.74, 6) is -2.69. The molecule has 0 fully saturated rings. The predicted octanol–water partition coefficient (Wildman–Crippen LogP) is 0.208. The molecule has 0 aliphatic heterocycles. The van der Waals surface area contributed by atoms with E-state index in [0.29, 0.717) is 6.42 Å². The first kappa shape index (κ1) is 15.9. The van der Waals surface area contributed by atoms with Crippen LogP contribution >= 0.6 is 0 Å². The fourth-order valence-corrected chi connectivity index (χ4v) is 0.950. The number of aliphatic hydroxyl groups excluding tert-OH is 2. The molecule has 3 atom stereocenters. The summed E-state index contributed by atoms with van der Waals surface area (Å²) in [6.07, 6.45) is -1.29. The zero-order valence-electron chi connectivity index (χ0n) is 10.4. The molecule has 0 radical (unpaired) electrons. The van der Waals surface area contributed by atoms with E-state index in [0.717, 1.165) is 0 Å². The van der Waals surface area contributed by atoms with Crippen LogP contribution in [0.25, 0.3) is 0 Å². The highest BCUT2D eigenvalue weighted by atomic mass is 16.6. The van der Waals surface area contributed by atoms with Gasteiger partial charge >= 0.3 is 11.9 Å². The highest BCUT2D eigenvalue weighted by Gasteiger charge is 2.31. The number of hydrogen-bond acceptors (Lipinski definition) is 6. The van der Waals surface area contributed by atoms with Crippen LogP contribution in [0.15, 0.2) is 0 Å². The molecule has 0 rings (SSSR count). The SMILES string of the molecule is CCC(=O)OC(O)C(CO)C(=O)OC(C)CC. The van der Waals surface area contributed by atoms with Gasteiger partial charge in [-0.15, -0.1) is 0 Å². The van der Waals surface area contributed by atoms with Crippen LogP contribution in [-0.4, -0.2) is 41.2 Å². The van der Waals surface area contributed by atoms with E-state index in [4.69, 9.17) is 9.84 Å². The number of ether oxygens (including phenoxy) is 2. The van der Waals surface area contributed by atoms with E-state index < -0.39 is 30.8 Å². The summed E-state index contributed by atoms with van der Waals surface area (Å²) < 4.78 is 9.48. The molecule has 2 N–H and O–H groups in total. The van der Waals surface area contributed by atoms with Gasteiger partial charge in [-0.3, -0.25) is 9.59 Å². The van der Waals surface area contributed by atoms with Crippen molar-refractivity contribution in [2.24, 2.45) is 5.92 Å². The zero-order valence-corrected chi connectivity index (χ0v) is 10.4. The Balaban J connectivity index is 4.38. The molecule has 0 bridgehead atoms. The van der Waals surface area contributed by atoms with Gasteiger partial charge in [-0.2, -0.15) is 0 Å². The molecule has 17 heavy (non-hydrogen) atoms. The summed E-state index contributed by atoms with van der Waals surface area (Å²) in [4.78, 5) is 22.4. The van der Waals surface area contributed by atoms with Crippen LogP contribution in [-0.2, 0) is 19.1 Å². The number of aliphatic hydroxyl groups is 2. The fraction of sp³-hybridized carbons (Fsp3) is 0.818. The molecule has 0 heterocycles. The van der Waals surface area contributed by atoms with Crippen LogP contribution in [0, 0.1) is 5.92 Å². The second kappa shape index (κ2) is 8.03. The Morgan fingerprint density at radius 3 is 2.24 bits per heavy atom. The Labute approximate surface area is 101 Å². The highest BCUT2D eigenvalue weighted by Crippen LogP contribution is 2.11. The van der Waals surface area contributed by atoms with Crippen molar-refractivity contribution in [2.75, 3.05) is 6.61 Å². The lowest BCUT2D eigenvalue weighted by Gasteiger charge is -2.21. The monoisotopic (exact) mass is 248 g/mol. The molecular weight excluding hydrogens is 228 g/mol. The minimum absolute atomic E-state index is 0.0790. The molecule has 6 heteroatoms. The van der Waals surface area contributed by atoms with Crippen molar-refractivity contribution in [3.05, 3.63) is 0 Å². The number of esters is 2. The first-order valence-electron chi connectivity index (χ1n) is 5.65. The Hall–Kier alpha value is -1.14. The van der Waals surface area contributed by atoms with Crippen molar-refractivity contribution in [1.82, 2.24) is 0 Å². The molecular formula is C11H20O6. The molecule has 100 valence electrons. The van der Waals surface area contributed by atoms with Gasteiger partial charge in [-0.1, -0.05) is 13.8 Å². The smallest absolute Gasteiger partial charge is 0.317 e. The van der Waals surface area contributed by atoms with Crippen molar-refractivity contribution < 1.29 is 29.3 Å². The maximum absolute atomic E-state index is 11.5. The normalized spacial score (nSPS) is 15.8. The van der Waals surface area contributed by atoms with Gasteiger partial charge in [0.05, 0.1) is 12.7 Å². The van der Waals surface area contributed by atoms with Gasteiger partial charge in [0.15, 0.2) is 0 Å². The summed E-state index contributed by atoms with van der Waals surface area (Å²) >= 11 is 0. The van der Waals surface area contributed by atoms with Crippen LogP contribution in [0.1, 0.15) is 33.6 Å². The van der Waals surface area contributed by atoms with E-state index in [1.165, 1.54) is 0 Å². The van der Waals surface area contributed by atoms with Gasteiger partial charge in [0.1, 0.15) is 5.92 Å². The second-order valence-corrected chi connectivity index (χ2v) is 3.68. The van der Waals surface area contributed by atoms with Gasteiger partial charge in [0.25, 0.3) is 0 Å². The molecule has 6 nitrogen and oxygen atoms in total. The van der Waals surface area contributed by atoms with Gasteiger partial charge in [-0.05, 0) is 13.3 Å². The average molecular weight is 248 g/mol. The van der Waals surface area contributed by atoms with E-state index in [1.807, 2.05) is 6.92 Å². The van der Waals surface area contributed by atoms with Gasteiger partial charge in [0.2, 0.25) is 6.29 Å². The molecule has 0 spiro atoms. The topological polar surface area (TPSA) is 93.1 Å². The molecule has 0 saturated carbocycles. The van der Waals surface area contributed by atoms with Crippen LogP contribution in [0.3, 0.4) is 0 Å². The van der Waals surface area contributed by atoms with E-state index in [1.54, 1.807) is 13.8 Å². The lowest BCUT2D eigenvalue weighted by molar-refractivity contribution is -0.191. The minimum atomic E-state index is -1.68. The molecule has 0 aromatic carbocycles. The maximum atomic E-state index is 11.5. The summed E-state index contributed by atoms with van der Waals surface area (Å²) in [6.45, 7) is 4.43. The predicted molar refractivity (Wildman–Crippen MR) is 58.8 cm³/mol. The van der Waals surface area contributed by atoms with Crippen molar-refractivity contribution in [2.45, 2.75) is 46.0 Å². The molecule has 0 amide bonds. The third-order valence-electron chi connectivity index (χ3n) is 2.28. The van der Waals surface area contributed by atoms with Crippen molar-refractivity contribution in [3.63, 3.8) is 0 Å². The van der Waals surface area contributed by atoms with Gasteiger partial charge < -0.3 is 19.7 Å². The standard InChI is InChI=1S/C11H20O6/c1-4-7(3)16-10(14)8(6-12)11(15)17-9(13)5-2/h7-8,11-12,15H,4-6H2,1-3H3. The quantitative estimate of drug-likeness (QED) is 0.494. The number of carbonyl (C=O) groups excluding carboxylic acids is 2. The zero-order chi connectivity index (χ0) is 13.4. The van der Waals surface area contributed by atoms with E-state index in [2.05, 4.69) is 4.74 Å². The van der Waals surface area contributed by atoms with Crippen LogP contribution in [0.4, 0.5) is 0 Å². The summed E-state index contributed by atoms with van der Waals surface area (Å²) in [5, 5.41) is 18.4. The van der Waals surface area contributed by atoms with Crippen LogP contribution < -0.4 is 0 Å². The number of carbonyl (C=O) groups is 2. The molecule has 0 saturated heterocycles. The molecule has 0 aromatic rings. The second-order valence-electron chi connectivity index (χ2n) is 3.68. The Bertz CT molecular complexity index is 252. The minimum Gasteiger partial charge on any atom is -0.462 e. The number of hydrogen-bond donors (Lipinski definition) is 2. The van der Waals surface area contributed by atoms with Gasteiger partial charge in [0, 0.05) is 6.42 Å². The molecule has 0 aliphatic carbocycles. The van der Waals surface area contributed by atoms with Crippen molar-refractivity contribution >= 4 is 11.9 Å². The van der Waals surface area contributed by atoms with Crippen molar-refractivity contribution in [1.29, 1.82) is 0 Å². The largest absolute Gasteiger partial charge is 0.462 e. The first-order chi connectivity index (χ1) is 7.96. The first-order valence-corrected chi connectivity index (χ1v) is 5.65. The lowest BCUT2D eigenvalue weighted by Crippen LogP contribution is -2.37. The highest BCUT2D eigenvalue weighted by molar-refractivity contribution is 5.74. The van der Waals surface area contributed by atoms with E-state index >= 15 is 0 Å². The number of rotatable bonds is 7. The summed E-state index contributed by atoms with van der Waals surface area (Å²) in [6, 6.07) is 0. The Morgan fingerprint density at radius 2 is 1.82 bits per heavy atom. The third kappa shape index (κ3) is 5.65. The lowest BCUT2D eigenvalue weighted by atomic mass is 10.1. The summed E-state index contributed by atoms with van der Waals surface area (Å²) in [5.41, 5.74) is 0. The van der Waals surface area contributed by atoms with E-state index in [9.17, 15) is 14.7 Å². The molecule has 0 aromatic heterocycles. The molecule has 3 unspecified atom stereocenters. The Kier molecular flexibility index (Phi) is 7.49. The van der Waals surface area contributed by atoms with Crippen molar-refractivity contribution in [3.8, 4) is 0 Å². The van der Waals surface area contributed by atoms with E-state index in [-0.39, 0.29) is 12.5 Å². The fourth-order valence-electron chi connectivity index (χ4n) is 0.950. The molecule has 0 aliphatic rings. The Morgan fingerprint density at radius 1 is 1.24 bits per heavy atom. The maximum Gasteiger partial charge on any atom is 0.317 e. The van der Waals surface area contributed by atoms with Crippen LogP contribution in [0.2, 0.25) is 0 Å².